The Morgan fingerprint density at radius 3 is 1.70 bits per heavy atom. The molecule has 16 heteroatoms. The summed E-state index contributed by atoms with van der Waals surface area (Å²) in [5, 5.41) is 0. The first-order valence-corrected chi connectivity index (χ1v) is 9.67. The Morgan fingerprint density at radius 1 is 0.676 bits per heavy atom. The van der Waals surface area contributed by atoms with E-state index >= 15 is 8.78 Å². The van der Waals surface area contributed by atoms with E-state index in [9.17, 15) is 53.1 Å². The van der Waals surface area contributed by atoms with Crippen LogP contribution in [0, 0.1) is 6.92 Å². The third-order valence-electron chi connectivity index (χ3n) is 5.27. The number of aromatic nitrogens is 2. The molecule has 1 aromatic carbocycles. The average molecular weight is 554 g/mol. The van der Waals surface area contributed by atoms with Crippen molar-refractivity contribution in [3.05, 3.63) is 70.1 Å². The van der Waals surface area contributed by atoms with Crippen LogP contribution < -0.4 is 5.56 Å². The van der Waals surface area contributed by atoms with Crippen LogP contribution in [0.4, 0.5) is 57.1 Å². The number of alkyl halides is 13. The van der Waals surface area contributed by atoms with Gasteiger partial charge in [-0.05, 0) is 18.6 Å². The fourth-order valence-electron chi connectivity index (χ4n) is 3.26. The van der Waals surface area contributed by atoms with Crippen LogP contribution in [0.3, 0.4) is 0 Å². The van der Waals surface area contributed by atoms with Gasteiger partial charge in [-0.3, -0.25) is 9.20 Å². The van der Waals surface area contributed by atoms with Gasteiger partial charge in [-0.15, -0.1) is 0 Å². The highest BCUT2D eigenvalue weighted by atomic mass is 19.4. The van der Waals surface area contributed by atoms with Gasteiger partial charge in [0, 0.05) is 11.8 Å². The lowest BCUT2D eigenvalue weighted by Crippen LogP contribution is -2.69. The second kappa shape index (κ2) is 8.34. The molecule has 0 fully saturated rings. The molecule has 0 aliphatic carbocycles. The van der Waals surface area contributed by atoms with Gasteiger partial charge in [-0.1, -0.05) is 36.4 Å². The van der Waals surface area contributed by atoms with Crippen molar-refractivity contribution in [2.75, 3.05) is 0 Å². The number of hydrogen-bond donors (Lipinski definition) is 0. The Morgan fingerprint density at radius 2 is 1.19 bits per heavy atom. The molecule has 0 saturated carbocycles. The molecule has 0 radical (unpaired) electrons. The molecule has 0 aliphatic rings. The second-order valence-electron chi connectivity index (χ2n) is 7.81. The third-order valence-corrected chi connectivity index (χ3v) is 5.27. The lowest BCUT2D eigenvalue weighted by Gasteiger charge is -2.39. The summed E-state index contributed by atoms with van der Waals surface area (Å²) in [4.78, 5) is 16.4. The molecule has 202 valence electrons. The van der Waals surface area contributed by atoms with E-state index in [-0.39, 0.29) is 9.96 Å². The summed E-state index contributed by atoms with van der Waals surface area (Å²) in [5.74, 6) is -38.5. The molecule has 0 saturated heterocycles. The lowest BCUT2D eigenvalue weighted by atomic mass is 9.89. The van der Waals surface area contributed by atoms with Crippen molar-refractivity contribution in [2.24, 2.45) is 0 Å². The van der Waals surface area contributed by atoms with E-state index in [2.05, 4.69) is 4.98 Å². The molecule has 0 spiro atoms. The topological polar surface area (TPSA) is 34.4 Å². The zero-order valence-electron chi connectivity index (χ0n) is 17.8. The molecule has 2 heterocycles. The molecule has 37 heavy (non-hydrogen) atoms. The molecule has 2 aromatic heterocycles. The quantitative estimate of drug-likeness (QED) is 0.312. The molecule has 3 nitrogen and oxygen atoms in total. The van der Waals surface area contributed by atoms with Crippen LogP contribution in [0.25, 0.3) is 16.9 Å². The van der Waals surface area contributed by atoms with Gasteiger partial charge in [-0.2, -0.15) is 57.1 Å². The van der Waals surface area contributed by atoms with Crippen LogP contribution in [0.5, 0.6) is 0 Å². The van der Waals surface area contributed by atoms with Crippen LogP contribution in [0.15, 0.2) is 53.5 Å². The molecule has 0 atom stereocenters. The number of nitrogens with zero attached hydrogens (tertiary/aromatic N) is 2. The smallest absolute Gasteiger partial charge is 0.268 e. The first-order valence-electron chi connectivity index (χ1n) is 9.67. The highest BCUT2D eigenvalue weighted by Gasteiger charge is 2.91. The first-order chi connectivity index (χ1) is 16.6. The number of hydrogen-bond acceptors (Lipinski definition) is 2. The SMILES string of the molecule is Cc1ccc2nc(-c3ccccc3)c(C(F)(F)C(F)(F)C(F)(F)C(F)(F)C(F)(F)C(F)(F)F)c(=O)n2c1. The Kier molecular flexibility index (Phi) is 6.37. The minimum absolute atomic E-state index is 0.117. The summed E-state index contributed by atoms with van der Waals surface area (Å²) in [7, 11) is 0. The minimum atomic E-state index is -8.09. The number of pyridine rings is 1. The maximum atomic E-state index is 15.1. The van der Waals surface area contributed by atoms with Gasteiger partial charge in [0.15, 0.2) is 0 Å². The van der Waals surface area contributed by atoms with Gasteiger partial charge in [0.25, 0.3) is 5.56 Å². The van der Waals surface area contributed by atoms with Gasteiger partial charge in [0.1, 0.15) is 11.2 Å². The number of rotatable bonds is 6. The number of halogens is 13. The standard InChI is InChI=1S/C21H11F13N2O/c1-10-7-8-12-35-14(11-5-3-2-4-6-11)13(15(37)36(12)9-10)16(22,23)17(24,25)18(26,27)19(28,29)20(30,31)21(32,33)34/h2-9H,1H3. The van der Waals surface area contributed by atoms with Gasteiger partial charge in [0.2, 0.25) is 0 Å². The summed E-state index contributed by atoms with van der Waals surface area (Å²) < 4.78 is 179. The molecule has 0 bridgehead atoms. The molecular formula is C21H11F13N2O. The van der Waals surface area contributed by atoms with Crippen molar-refractivity contribution in [2.45, 2.75) is 42.7 Å². The van der Waals surface area contributed by atoms with Crippen molar-refractivity contribution in [3.63, 3.8) is 0 Å². The normalized spacial score (nSPS) is 14.3. The van der Waals surface area contributed by atoms with E-state index < -0.39 is 63.8 Å². The summed E-state index contributed by atoms with van der Waals surface area (Å²) in [6.45, 7) is 1.28. The molecule has 0 unspecified atom stereocenters. The highest BCUT2D eigenvalue weighted by Crippen LogP contribution is 2.62. The van der Waals surface area contributed by atoms with Gasteiger partial charge in [0.05, 0.1) is 5.69 Å². The Bertz CT molecular complexity index is 1380. The minimum Gasteiger partial charge on any atom is -0.268 e. The number of aryl methyl sites for hydroxylation is 1. The molecular weight excluding hydrogens is 543 g/mol. The van der Waals surface area contributed by atoms with Crippen molar-refractivity contribution in [3.8, 4) is 11.3 Å². The third kappa shape index (κ3) is 3.91. The molecule has 3 rings (SSSR count). The van der Waals surface area contributed by atoms with E-state index in [1.807, 2.05) is 0 Å². The fraction of sp³-hybridized carbons (Fsp3) is 0.333. The predicted molar refractivity (Wildman–Crippen MR) is 101 cm³/mol. The summed E-state index contributed by atoms with van der Waals surface area (Å²) in [6.07, 6.45) is -6.80. The van der Waals surface area contributed by atoms with E-state index in [0.29, 0.717) is 0 Å². The Labute approximate surface area is 197 Å². The van der Waals surface area contributed by atoms with Crippen molar-refractivity contribution >= 4 is 5.65 Å². The van der Waals surface area contributed by atoms with Crippen LogP contribution >= 0.6 is 0 Å². The van der Waals surface area contributed by atoms with Crippen LogP contribution in [0.1, 0.15) is 11.1 Å². The predicted octanol–water partition coefficient (Wildman–Crippen LogP) is 6.87. The maximum absolute atomic E-state index is 15.1. The van der Waals surface area contributed by atoms with Gasteiger partial charge < -0.3 is 0 Å². The second-order valence-corrected chi connectivity index (χ2v) is 7.81. The Hall–Kier alpha value is -3.33. The van der Waals surface area contributed by atoms with Crippen LogP contribution in [-0.4, -0.2) is 39.3 Å². The maximum Gasteiger partial charge on any atom is 0.460 e. The largest absolute Gasteiger partial charge is 0.460 e. The monoisotopic (exact) mass is 554 g/mol. The van der Waals surface area contributed by atoms with E-state index in [1.165, 1.54) is 19.1 Å². The van der Waals surface area contributed by atoms with Gasteiger partial charge in [-0.25, -0.2) is 4.98 Å². The number of benzene rings is 1. The summed E-state index contributed by atoms with van der Waals surface area (Å²) in [5.41, 5.74) is -7.24. The lowest BCUT2D eigenvalue weighted by molar-refractivity contribution is -0.441. The Balaban J connectivity index is 2.40. The molecule has 0 aliphatic heterocycles. The van der Waals surface area contributed by atoms with E-state index in [1.54, 1.807) is 0 Å². The van der Waals surface area contributed by atoms with Crippen LogP contribution in [0.2, 0.25) is 0 Å². The van der Waals surface area contributed by atoms with Gasteiger partial charge >= 0.3 is 35.8 Å². The van der Waals surface area contributed by atoms with Crippen LogP contribution in [-0.2, 0) is 5.92 Å². The fourth-order valence-corrected chi connectivity index (χ4v) is 3.26. The molecule has 0 amide bonds. The van der Waals surface area contributed by atoms with E-state index in [0.717, 1.165) is 36.5 Å². The van der Waals surface area contributed by atoms with Crippen molar-refractivity contribution < 1.29 is 57.1 Å². The number of fused-ring (bicyclic) bond motifs is 1. The molecule has 0 N–H and O–H groups in total. The van der Waals surface area contributed by atoms with Crippen molar-refractivity contribution in [1.29, 1.82) is 0 Å². The zero-order valence-corrected chi connectivity index (χ0v) is 17.8. The highest BCUT2D eigenvalue weighted by molar-refractivity contribution is 5.66. The van der Waals surface area contributed by atoms with E-state index in [4.69, 9.17) is 0 Å². The zero-order chi connectivity index (χ0) is 28.4. The van der Waals surface area contributed by atoms with Crippen molar-refractivity contribution in [1.82, 2.24) is 9.38 Å². The average Bonchev–Trinajstić information content (AvgIpc) is 2.78. The summed E-state index contributed by atoms with van der Waals surface area (Å²) in [6, 6.07) is 7.53. The summed E-state index contributed by atoms with van der Waals surface area (Å²) >= 11 is 0. The molecule has 3 aromatic rings. The first kappa shape index (κ1) is 28.2.